The van der Waals surface area contributed by atoms with Gasteiger partial charge in [0.2, 0.25) is 0 Å². The number of aliphatic hydroxyl groups excluding tert-OH is 1. The molecule has 0 bridgehead atoms. The molecule has 17 heavy (non-hydrogen) atoms. The van der Waals surface area contributed by atoms with Crippen LogP contribution in [0.1, 0.15) is 42.1 Å². The van der Waals surface area contributed by atoms with Gasteiger partial charge in [-0.15, -0.1) is 0 Å². The number of aliphatic hydroxyl groups is 1. The molecule has 1 N–H and O–H groups in total. The van der Waals surface area contributed by atoms with Crippen LogP contribution in [-0.4, -0.2) is 18.2 Å². The molecule has 1 aliphatic carbocycles. The van der Waals surface area contributed by atoms with E-state index >= 15 is 0 Å². The van der Waals surface area contributed by atoms with Gasteiger partial charge in [-0.05, 0) is 42.4 Å². The van der Waals surface area contributed by atoms with Gasteiger partial charge in [0.05, 0.1) is 19.6 Å². The van der Waals surface area contributed by atoms with Gasteiger partial charge in [0.1, 0.15) is 0 Å². The average molecular weight is 234 g/mol. The predicted molar refractivity (Wildman–Crippen MR) is 64.7 cm³/mol. The van der Waals surface area contributed by atoms with Crippen molar-refractivity contribution in [2.45, 2.75) is 38.2 Å². The SMILES string of the molecule is COC(=O)CC(O)c1cccc2c1CCCC2. The normalized spacial score (nSPS) is 16.1. The Morgan fingerprint density at radius 2 is 2.18 bits per heavy atom. The van der Waals surface area contributed by atoms with Gasteiger partial charge in [0, 0.05) is 0 Å². The molecule has 1 aromatic rings. The van der Waals surface area contributed by atoms with Crippen LogP contribution in [0.4, 0.5) is 0 Å². The number of hydrogen-bond donors (Lipinski definition) is 1. The van der Waals surface area contributed by atoms with E-state index in [1.165, 1.54) is 24.7 Å². The molecule has 2 rings (SSSR count). The number of aryl methyl sites for hydroxylation is 1. The van der Waals surface area contributed by atoms with Gasteiger partial charge < -0.3 is 9.84 Å². The molecule has 0 spiro atoms. The second kappa shape index (κ2) is 5.32. The number of methoxy groups -OCH3 is 1. The zero-order valence-corrected chi connectivity index (χ0v) is 10.1. The van der Waals surface area contributed by atoms with Crippen molar-refractivity contribution < 1.29 is 14.6 Å². The average Bonchev–Trinajstić information content (AvgIpc) is 2.37. The number of fused-ring (bicyclic) bond motifs is 1. The number of benzene rings is 1. The Morgan fingerprint density at radius 1 is 1.41 bits per heavy atom. The van der Waals surface area contributed by atoms with E-state index in [-0.39, 0.29) is 12.4 Å². The molecule has 0 heterocycles. The molecule has 0 aromatic heterocycles. The van der Waals surface area contributed by atoms with Gasteiger partial charge in [-0.2, -0.15) is 0 Å². The van der Waals surface area contributed by atoms with E-state index in [4.69, 9.17) is 0 Å². The number of hydrogen-bond acceptors (Lipinski definition) is 3. The summed E-state index contributed by atoms with van der Waals surface area (Å²) in [6.07, 6.45) is 3.75. The summed E-state index contributed by atoms with van der Waals surface area (Å²) >= 11 is 0. The molecule has 0 fully saturated rings. The van der Waals surface area contributed by atoms with Crippen LogP contribution in [0.5, 0.6) is 0 Å². The quantitative estimate of drug-likeness (QED) is 0.815. The van der Waals surface area contributed by atoms with Gasteiger partial charge in [0.25, 0.3) is 0 Å². The number of rotatable bonds is 3. The maximum atomic E-state index is 11.2. The van der Waals surface area contributed by atoms with Crippen molar-refractivity contribution in [3.63, 3.8) is 0 Å². The maximum absolute atomic E-state index is 11.2. The Kier molecular flexibility index (Phi) is 3.79. The van der Waals surface area contributed by atoms with Crippen LogP contribution in [0.25, 0.3) is 0 Å². The summed E-state index contributed by atoms with van der Waals surface area (Å²) in [6, 6.07) is 5.99. The highest BCUT2D eigenvalue weighted by molar-refractivity contribution is 5.70. The van der Waals surface area contributed by atoms with Crippen LogP contribution in [0, 0.1) is 0 Å². The third-order valence-electron chi connectivity index (χ3n) is 3.38. The summed E-state index contributed by atoms with van der Waals surface area (Å²) in [6.45, 7) is 0. The zero-order valence-electron chi connectivity index (χ0n) is 10.1. The monoisotopic (exact) mass is 234 g/mol. The smallest absolute Gasteiger partial charge is 0.308 e. The molecule has 0 saturated carbocycles. The molecule has 3 heteroatoms. The van der Waals surface area contributed by atoms with Crippen LogP contribution in [0.3, 0.4) is 0 Å². The minimum Gasteiger partial charge on any atom is -0.469 e. The fraction of sp³-hybridized carbons (Fsp3) is 0.500. The first-order valence-corrected chi connectivity index (χ1v) is 6.08. The van der Waals surface area contributed by atoms with Crippen molar-refractivity contribution in [2.75, 3.05) is 7.11 Å². The van der Waals surface area contributed by atoms with Gasteiger partial charge in [-0.3, -0.25) is 4.79 Å². The molecule has 0 saturated heterocycles. The predicted octanol–water partition coefficient (Wildman–Crippen LogP) is 2.16. The number of carbonyl (C=O) groups excluding carboxylic acids is 1. The molecule has 0 aliphatic heterocycles. The fourth-order valence-corrected chi connectivity index (χ4v) is 2.47. The highest BCUT2D eigenvalue weighted by Gasteiger charge is 2.20. The second-order valence-electron chi connectivity index (χ2n) is 4.49. The van der Waals surface area contributed by atoms with E-state index in [2.05, 4.69) is 10.8 Å². The lowest BCUT2D eigenvalue weighted by Crippen LogP contribution is -2.13. The lowest BCUT2D eigenvalue weighted by molar-refractivity contribution is -0.142. The van der Waals surface area contributed by atoms with Crippen molar-refractivity contribution in [3.05, 3.63) is 34.9 Å². The summed E-state index contributed by atoms with van der Waals surface area (Å²) in [4.78, 5) is 11.2. The fourth-order valence-electron chi connectivity index (χ4n) is 2.47. The Morgan fingerprint density at radius 3 is 2.94 bits per heavy atom. The number of carbonyl (C=O) groups is 1. The number of ether oxygens (including phenoxy) is 1. The van der Waals surface area contributed by atoms with Gasteiger partial charge in [-0.1, -0.05) is 18.2 Å². The molecule has 0 radical (unpaired) electrons. The molecular weight excluding hydrogens is 216 g/mol. The highest BCUT2D eigenvalue weighted by atomic mass is 16.5. The third kappa shape index (κ3) is 2.67. The third-order valence-corrected chi connectivity index (χ3v) is 3.38. The van der Waals surface area contributed by atoms with Crippen molar-refractivity contribution in [1.29, 1.82) is 0 Å². The summed E-state index contributed by atoms with van der Waals surface area (Å²) < 4.78 is 4.59. The van der Waals surface area contributed by atoms with E-state index in [9.17, 15) is 9.90 Å². The first-order chi connectivity index (χ1) is 8.22. The highest BCUT2D eigenvalue weighted by Crippen LogP contribution is 2.29. The van der Waals surface area contributed by atoms with Crippen LogP contribution >= 0.6 is 0 Å². The molecular formula is C14H18O3. The van der Waals surface area contributed by atoms with E-state index in [0.29, 0.717) is 0 Å². The first-order valence-electron chi connectivity index (χ1n) is 6.08. The molecule has 1 aromatic carbocycles. The van der Waals surface area contributed by atoms with Gasteiger partial charge in [0.15, 0.2) is 0 Å². The molecule has 1 atom stereocenters. The van der Waals surface area contributed by atoms with Gasteiger partial charge in [-0.25, -0.2) is 0 Å². The van der Waals surface area contributed by atoms with Crippen molar-refractivity contribution >= 4 is 5.97 Å². The standard InChI is InChI=1S/C14H18O3/c1-17-14(16)9-13(15)12-8-4-6-10-5-2-3-7-11(10)12/h4,6,8,13,15H,2-3,5,7,9H2,1H3. The molecule has 1 unspecified atom stereocenters. The molecule has 3 nitrogen and oxygen atoms in total. The lowest BCUT2D eigenvalue weighted by atomic mass is 9.86. The minimum absolute atomic E-state index is 0.0347. The number of esters is 1. The summed E-state index contributed by atoms with van der Waals surface area (Å²) in [5.74, 6) is -0.370. The van der Waals surface area contributed by atoms with Gasteiger partial charge >= 0.3 is 5.97 Å². The minimum atomic E-state index is -0.740. The van der Waals surface area contributed by atoms with Crippen LogP contribution < -0.4 is 0 Å². The summed E-state index contributed by atoms with van der Waals surface area (Å²) in [5, 5.41) is 10.1. The Hall–Kier alpha value is -1.35. The lowest BCUT2D eigenvalue weighted by Gasteiger charge is -2.21. The Balaban J connectivity index is 2.22. The van der Waals surface area contributed by atoms with E-state index in [1.807, 2.05) is 12.1 Å². The zero-order chi connectivity index (χ0) is 12.3. The van der Waals surface area contributed by atoms with E-state index < -0.39 is 6.10 Å². The summed E-state index contributed by atoms with van der Waals surface area (Å²) in [7, 11) is 1.34. The Bertz CT molecular complexity index is 412. The van der Waals surface area contributed by atoms with Crippen LogP contribution in [-0.2, 0) is 22.4 Å². The van der Waals surface area contributed by atoms with Crippen molar-refractivity contribution in [2.24, 2.45) is 0 Å². The largest absolute Gasteiger partial charge is 0.469 e. The van der Waals surface area contributed by atoms with Crippen LogP contribution in [0.2, 0.25) is 0 Å². The van der Waals surface area contributed by atoms with E-state index in [0.717, 1.165) is 24.8 Å². The van der Waals surface area contributed by atoms with Crippen LogP contribution in [0.15, 0.2) is 18.2 Å². The summed E-state index contributed by atoms with van der Waals surface area (Å²) in [5.41, 5.74) is 3.44. The Labute approximate surface area is 101 Å². The molecule has 0 amide bonds. The van der Waals surface area contributed by atoms with E-state index in [1.54, 1.807) is 0 Å². The first kappa shape index (κ1) is 12.1. The maximum Gasteiger partial charge on any atom is 0.308 e. The topological polar surface area (TPSA) is 46.5 Å². The van der Waals surface area contributed by atoms with Crippen molar-refractivity contribution in [3.8, 4) is 0 Å². The molecule has 92 valence electrons. The van der Waals surface area contributed by atoms with Crippen molar-refractivity contribution in [1.82, 2.24) is 0 Å². The molecule has 1 aliphatic rings. The second-order valence-corrected chi connectivity index (χ2v) is 4.49.